The summed E-state index contributed by atoms with van der Waals surface area (Å²) in [6, 6.07) is 7.37. The van der Waals surface area contributed by atoms with E-state index >= 15 is 0 Å². The third-order valence-electron chi connectivity index (χ3n) is 7.82. The van der Waals surface area contributed by atoms with Gasteiger partial charge in [-0.15, -0.1) is 0 Å². The van der Waals surface area contributed by atoms with Gasteiger partial charge in [0.1, 0.15) is 5.75 Å². The van der Waals surface area contributed by atoms with E-state index in [1.54, 1.807) is 6.07 Å². The summed E-state index contributed by atoms with van der Waals surface area (Å²) in [6.45, 7) is 2.47. The molecular weight excluding hydrogens is 426 g/mol. The fourth-order valence-electron chi connectivity index (χ4n) is 5.54. The summed E-state index contributed by atoms with van der Waals surface area (Å²) in [5.74, 6) is -2.33. The van der Waals surface area contributed by atoms with Gasteiger partial charge in [-0.3, -0.25) is 9.59 Å². The van der Waals surface area contributed by atoms with Gasteiger partial charge in [-0.2, -0.15) is 0 Å². The number of fused-ring (bicyclic) bond motifs is 1. The minimum absolute atomic E-state index is 0.0319. The van der Waals surface area contributed by atoms with Crippen LogP contribution < -0.4 is 10.1 Å². The number of nitrogens with zero attached hydrogens (tertiary/aromatic N) is 1. The summed E-state index contributed by atoms with van der Waals surface area (Å²) < 4.78 is 32.9. The first kappa shape index (κ1) is 24.0. The second kappa shape index (κ2) is 10.4. The standard InChI is InChI=1S/C26H36F2N2O3/c27-26(28)12-9-20(10-13-26)24(32)30-16-14-25(15-17-30)11-5-1-2-6-18-33-22-8-4-3-7-21(22)23(31)29-19-25/h3-4,7-8,20H,1-2,5-6,9-19H2,(H,29,31). The highest BCUT2D eigenvalue weighted by Gasteiger charge is 2.41. The van der Waals surface area contributed by atoms with Crippen molar-refractivity contribution in [2.45, 2.75) is 76.6 Å². The lowest BCUT2D eigenvalue weighted by Gasteiger charge is -2.43. The van der Waals surface area contributed by atoms with Crippen LogP contribution in [0.15, 0.2) is 24.3 Å². The van der Waals surface area contributed by atoms with Crippen LogP contribution in [0.1, 0.15) is 81.0 Å². The van der Waals surface area contributed by atoms with Gasteiger partial charge in [-0.05, 0) is 56.1 Å². The second-order valence-corrected chi connectivity index (χ2v) is 10.1. The van der Waals surface area contributed by atoms with Crippen molar-refractivity contribution in [1.29, 1.82) is 0 Å². The molecule has 1 saturated carbocycles. The van der Waals surface area contributed by atoms with Crippen molar-refractivity contribution in [3.8, 4) is 5.75 Å². The zero-order chi connectivity index (χ0) is 23.3. The van der Waals surface area contributed by atoms with Crippen LogP contribution in [-0.2, 0) is 4.79 Å². The monoisotopic (exact) mass is 462 g/mol. The minimum Gasteiger partial charge on any atom is -0.493 e. The maximum absolute atomic E-state index is 13.5. The Kier molecular flexibility index (Phi) is 7.55. The first-order valence-corrected chi connectivity index (χ1v) is 12.5. The van der Waals surface area contributed by atoms with Gasteiger partial charge in [0.2, 0.25) is 11.8 Å². The zero-order valence-electron chi connectivity index (χ0n) is 19.4. The average molecular weight is 463 g/mol. The molecule has 7 heteroatoms. The maximum Gasteiger partial charge on any atom is 0.255 e. The third-order valence-corrected chi connectivity index (χ3v) is 7.82. The van der Waals surface area contributed by atoms with Crippen LogP contribution in [0.25, 0.3) is 0 Å². The lowest BCUT2D eigenvalue weighted by Crippen LogP contribution is -2.49. The number of rotatable bonds is 1. The van der Waals surface area contributed by atoms with Crippen molar-refractivity contribution in [2.24, 2.45) is 11.3 Å². The molecule has 2 fully saturated rings. The van der Waals surface area contributed by atoms with Crippen LogP contribution in [-0.4, -0.2) is 48.9 Å². The SMILES string of the molecule is O=C1NCC2(CCCCCCOc3ccccc31)CCN(C(=O)C1CCC(F)(F)CC1)CC2. The summed E-state index contributed by atoms with van der Waals surface area (Å²) in [6.07, 6.45) is 7.16. The van der Waals surface area contributed by atoms with E-state index in [0.717, 1.165) is 44.9 Å². The average Bonchev–Trinajstić information content (AvgIpc) is 2.83. The molecule has 182 valence electrons. The Balaban J connectivity index is 1.39. The number of ether oxygens (including phenoxy) is 1. The lowest BCUT2D eigenvalue weighted by molar-refractivity contribution is -0.142. The molecule has 1 N–H and O–H groups in total. The quantitative estimate of drug-likeness (QED) is 0.625. The van der Waals surface area contributed by atoms with Crippen molar-refractivity contribution < 1.29 is 23.1 Å². The van der Waals surface area contributed by atoms with Gasteiger partial charge >= 0.3 is 0 Å². The van der Waals surface area contributed by atoms with Crippen LogP contribution in [0.3, 0.4) is 0 Å². The molecule has 1 aliphatic carbocycles. The molecular formula is C26H36F2N2O3. The van der Waals surface area contributed by atoms with E-state index < -0.39 is 5.92 Å². The summed E-state index contributed by atoms with van der Waals surface area (Å²) in [7, 11) is 0. The molecule has 0 aromatic heterocycles. The molecule has 0 unspecified atom stereocenters. The Hall–Kier alpha value is -2.18. The first-order valence-electron chi connectivity index (χ1n) is 12.5. The van der Waals surface area contributed by atoms with Crippen molar-refractivity contribution in [3.05, 3.63) is 29.8 Å². The van der Waals surface area contributed by atoms with E-state index in [0.29, 0.717) is 37.6 Å². The normalized spacial score (nSPS) is 24.4. The van der Waals surface area contributed by atoms with E-state index in [1.807, 2.05) is 23.1 Å². The van der Waals surface area contributed by atoms with Gasteiger partial charge in [0.25, 0.3) is 5.91 Å². The number of hydrogen-bond acceptors (Lipinski definition) is 3. The number of nitrogens with one attached hydrogen (secondary N) is 1. The van der Waals surface area contributed by atoms with E-state index in [2.05, 4.69) is 5.32 Å². The van der Waals surface area contributed by atoms with Crippen molar-refractivity contribution in [3.63, 3.8) is 0 Å². The van der Waals surface area contributed by atoms with E-state index in [4.69, 9.17) is 4.74 Å². The first-order chi connectivity index (χ1) is 15.9. The molecule has 2 heterocycles. The van der Waals surface area contributed by atoms with E-state index in [-0.39, 0.29) is 48.8 Å². The summed E-state index contributed by atoms with van der Waals surface area (Å²) in [5.41, 5.74) is 0.532. The summed E-state index contributed by atoms with van der Waals surface area (Å²) in [5, 5.41) is 3.15. The zero-order valence-corrected chi connectivity index (χ0v) is 19.4. The topological polar surface area (TPSA) is 58.6 Å². The van der Waals surface area contributed by atoms with Crippen molar-refractivity contribution in [1.82, 2.24) is 10.2 Å². The van der Waals surface area contributed by atoms with Gasteiger partial charge < -0.3 is 15.0 Å². The van der Waals surface area contributed by atoms with Gasteiger partial charge in [0.15, 0.2) is 0 Å². The highest BCUT2D eigenvalue weighted by molar-refractivity contribution is 5.96. The van der Waals surface area contributed by atoms with Gasteiger partial charge in [-0.25, -0.2) is 8.78 Å². The number of para-hydroxylation sites is 1. The number of halogens is 2. The molecule has 1 aromatic rings. The minimum atomic E-state index is -2.61. The largest absolute Gasteiger partial charge is 0.493 e. The fourth-order valence-corrected chi connectivity index (χ4v) is 5.54. The van der Waals surface area contributed by atoms with E-state index in [9.17, 15) is 18.4 Å². The van der Waals surface area contributed by atoms with Crippen LogP contribution in [0.4, 0.5) is 8.78 Å². The number of piperidine rings is 1. The number of carbonyl (C=O) groups excluding carboxylic acids is 2. The summed E-state index contributed by atoms with van der Waals surface area (Å²) >= 11 is 0. The molecule has 4 rings (SSSR count). The second-order valence-electron chi connectivity index (χ2n) is 10.1. The molecule has 1 aromatic carbocycles. The number of amides is 2. The Labute approximate surface area is 195 Å². The van der Waals surface area contributed by atoms with Crippen molar-refractivity contribution in [2.75, 3.05) is 26.2 Å². The van der Waals surface area contributed by atoms with Gasteiger partial charge in [0.05, 0.1) is 12.2 Å². The van der Waals surface area contributed by atoms with Crippen LogP contribution in [0.2, 0.25) is 0 Å². The molecule has 1 spiro atoms. The molecule has 5 nitrogen and oxygen atoms in total. The molecule has 0 bridgehead atoms. The van der Waals surface area contributed by atoms with Gasteiger partial charge in [-0.1, -0.05) is 31.4 Å². The predicted octanol–water partition coefficient (Wildman–Crippen LogP) is 5.19. The maximum atomic E-state index is 13.5. The highest BCUT2D eigenvalue weighted by atomic mass is 19.3. The molecule has 2 aliphatic heterocycles. The van der Waals surface area contributed by atoms with E-state index in [1.165, 1.54) is 0 Å². The third kappa shape index (κ3) is 6.04. The summed E-state index contributed by atoms with van der Waals surface area (Å²) in [4.78, 5) is 27.8. The Morgan fingerprint density at radius 1 is 0.970 bits per heavy atom. The van der Waals surface area contributed by atoms with Gasteiger partial charge in [0, 0.05) is 38.4 Å². The molecule has 0 atom stereocenters. The lowest BCUT2D eigenvalue weighted by atomic mass is 9.73. The van der Waals surface area contributed by atoms with Crippen LogP contribution >= 0.6 is 0 Å². The van der Waals surface area contributed by atoms with Crippen molar-refractivity contribution >= 4 is 11.8 Å². The van der Waals surface area contributed by atoms with Crippen LogP contribution in [0.5, 0.6) is 5.75 Å². The Morgan fingerprint density at radius 3 is 2.42 bits per heavy atom. The smallest absolute Gasteiger partial charge is 0.255 e. The molecule has 1 saturated heterocycles. The number of alkyl halides is 2. The molecule has 0 radical (unpaired) electrons. The highest BCUT2D eigenvalue weighted by Crippen LogP contribution is 2.40. The number of likely N-dealkylation sites (tertiary alicyclic amines) is 1. The number of hydrogen-bond donors (Lipinski definition) is 1. The molecule has 33 heavy (non-hydrogen) atoms. The predicted molar refractivity (Wildman–Crippen MR) is 123 cm³/mol. The Bertz CT molecular complexity index is 827. The number of carbonyl (C=O) groups is 2. The van der Waals surface area contributed by atoms with Crippen LogP contribution in [0, 0.1) is 11.3 Å². The fraction of sp³-hybridized carbons (Fsp3) is 0.692. The molecule has 3 aliphatic rings. The molecule has 2 amide bonds. The Morgan fingerprint density at radius 2 is 1.67 bits per heavy atom. The number of benzene rings is 1.